The Bertz CT molecular complexity index is 728. The fourth-order valence-electron chi connectivity index (χ4n) is 1.71. The number of aromatic nitrogens is 4. The first kappa shape index (κ1) is 12.8. The van der Waals surface area contributed by atoms with Crippen LogP contribution >= 0.6 is 0 Å². The maximum Gasteiger partial charge on any atom is 0.297 e. The van der Waals surface area contributed by atoms with Crippen molar-refractivity contribution in [1.29, 1.82) is 0 Å². The van der Waals surface area contributed by atoms with Gasteiger partial charge < -0.3 is 10.1 Å². The number of nitrogens with zero attached hydrogens (tertiary/aromatic N) is 3. The van der Waals surface area contributed by atoms with Crippen LogP contribution < -0.4 is 10.1 Å². The second-order valence-corrected chi connectivity index (χ2v) is 4.13. The number of aromatic amines is 1. The summed E-state index contributed by atoms with van der Waals surface area (Å²) in [6, 6.07) is 16.4. The molecule has 0 radical (unpaired) electrons. The van der Waals surface area contributed by atoms with Gasteiger partial charge in [0.15, 0.2) is 0 Å². The smallest absolute Gasteiger partial charge is 0.297 e. The van der Waals surface area contributed by atoms with E-state index in [1.54, 1.807) is 24.3 Å². The van der Waals surface area contributed by atoms with E-state index in [1.165, 1.54) is 0 Å². The van der Waals surface area contributed by atoms with E-state index in [-0.39, 0.29) is 5.82 Å². The van der Waals surface area contributed by atoms with Crippen molar-refractivity contribution in [3.8, 4) is 11.5 Å². The number of carbonyl (C=O) groups is 1. The summed E-state index contributed by atoms with van der Waals surface area (Å²) in [5, 5.41) is 15.5. The number of H-pyrrole nitrogens is 1. The van der Waals surface area contributed by atoms with E-state index < -0.39 is 5.91 Å². The van der Waals surface area contributed by atoms with E-state index in [1.807, 2.05) is 30.3 Å². The van der Waals surface area contributed by atoms with E-state index >= 15 is 0 Å². The molecular formula is C14H11N5O2. The summed E-state index contributed by atoms with van der Waals surface area (Å²) in [7, 11) is 0. The lowest BCUT2D eigenvalue weighted by molar-refractivity contribution is 0.101. The van der Waals surface area contributed by atoms with Crippen LogP contribution in [0.25, 0.3) is 0 Å². The Kier molecular flexibility index (Phi) is 3.55. The van der Waals surface area contributed by atoms with Gasteiger partial charge in [0.1, 0.15) is 11.5 Å². The Hall–Kier alpha value is -3.22. The zero-order chi connectivity index (χ0) is 14.5. The van der Waals surface area contributed by atoms with E-state index in [9.17, 15) is 4.79 Å². The molecule has 7 nitrogen and oxygen atoms in total. The molecule has 3 aromatic rings. The topological polar surface area (TPSA) is 92.8 Å². The zero-order valence-corrected chi connectivity index (χ0v) is 10.9. The molecule has 0 aliphatic carbocycles. The quantitative estimate of drug-likeness (QED) is 0.765. The van der Waals surface area contributed by atoms with Crippen LogP contribution in [-0.2, 0) is 0 Å². The highest BCUT2D eigenvalue weighted by Gasteiger charge is 2.11. The molecule has 2 N–H and O–H groups in total. The third-order valence-electron chi connectivity index (χ3n) is 2.62. The van der Waals surface area contributed by atoms with Crippen molar-refractivity contribution in [1.82, 2.24) is 20.6 Å². The maximum atomic E-state index is 11.8. The summed E-state index contributed by atoms with van der Waals surface area (Å²) in [4.78, 5) is 11.8. The van der Waals surface area contributed by atoms with Crippen LogP contribution in [0.15, 0.2) is 54.6 Å². The van der Waals surface area contributed by atoms with Crippen molar-refractivity contribution < 1.29 is 9.53 Å². The number of amides is 1. The average Bonchev–Trinajstić information content (AvgIpc) is 3.03. The van der Waals surface area contributed by atoms with Gasteiger partial charge in [0, 0.05) is 11.8 Å². The van der Waals surface area contributed by atoms with Gasteiger partial charge in [-0.3, -0.25) is 4.79 Å². The Labute approximate surface area is 120 Å². The Morgan fingerprint density at radius 1 is 1.05 bits per heavy atom. The van der Waals surface area contributed by atoms with Crippen LogP contribution in [0.3, 0.4) is 0 Å². The van der Waals surface area contributed by atoms with Gasteiger partial charge in [0.2, 0.25) is 0 Å². The fourth-order valence-corrected chi connectivity index (χ4v) is 1.71. The molecule has 1 amide bonds. The first-order chi connectivity index (χ1) is 10.3. The average molecular weight is 281 g/mol. The number of carbonyl (C=O) groups excluding carboxylic acids is 1. The molecule has 0 fully saturated rings. The number of rotatable bonds is 4. The van der Waals surface area contributed by atoms with Gasteiger partial charge in [0.25, 0.3) is 11.7 Å². The molecule has 0 spiro atoms. The monoisotopic (exact) mass is 281 g/mol. The normalized spacial score (nSPS) is 10.1. The summed E-state index contributed by atoms with van der Waals surface area (Å²) in [6.45, 7) is 0. The molecule has 0 unspecified atom stereocenters. The molecule has 3 rings (SSSR count). The number of tetrazole rings is 1. The highest BCUT2D eigenvalue weighted by atomic mass is 16.5. The highest BCUT2D eigenvalue weighted by Crippen LogP contribution is 2.23. The molecule has 0 saturated heterocycles. The molecule has 1 aromatic heterocycles. The van der Waals surface area contributed by atoms with Gasteiger partial charge in [-0.2, -0.15) is 5.21 Å². The Morgan fingerprint density at radius 3 is 2.62 bits per heavy atom. The maximum absolute atomic E-state index is 11.8. The molecule has 0 aliphatic rings. The molecule has 0 saturated carbocycles. The summed E-state index contributed by atoms with van der Waals surface area (Å²) < 4.78 is 5.69. The van der Waals surface area contributed by atoms with Gasteiger partial charge in [-0.25, -0.2) is 0 Å². The standard InChI is InChI=1S/C14H11N5O2/c20-14(13-16-18-19-17-13)15-10-5-4-8-12(9-10)21-11-6-2-1-3-7-11/h1-9H,(H,15,20)(H,16,17,18,19). The minimum Gasteiger partial charge on any atom is -0.457 e. The number of para-hydroxylation sites is 1. The van der Waals surface area contributed by atoms with Crippen molar-refractivity contribution in [3.05, 3.63) is 60.4 Å². The fraction of sp³-hybridized carbons (Fsp3) is 0. The van der Waals surface area contributed by atoms with Gasteiger partial charge in [-0.15, -0.1) is 10.2 Å². The van der Waals surface area contributed by atoms with Gasteiger partial charge in [-0.1, -0.05) is 24.3 Å². The Morgan fingerprint density at radius 2 is 1.86 bits per heavy atom. The largest absolute Gasteiger partial charge is 0.457 e. The highest BCUT2D eigenvalue weighted by molar-refractivity contribution is 6.01. The Balaban J connectivity index is 1.73. The number of hydrogen-bond acceptors (Lipinski definition) is 5. The third-order valence-corrected chi connectivity index (χ3v) is 2.62. The molecule has 2 aromatic carbocycles. The summed E-state index contributed by atoms with van der Waals surface area (Å²) in [5.41, 5.74) is 0.582. The number of ether oxygens (including phenoxy) is 1. The van der Waals surface area contributed by atoms with Gasteiger partial charge in [0.05, 0.1) is 0 Å². The summed E-state index contributed by atoms with van der Waals surface area (Å²) in [6.07, 6.45) is 0. The number of hydrogen-bond donors (Lipinski definition) is 2. The van der Waals surface area contributed by atoms with Crippen LogP contribution in [0.4, 0.5) is 5.69 Å². The van der Waals surface area contributed by atoms with Crippen molar-refractivity contribution in [3.63, 3.8) is 0 Å². The second kappa shape index (κ2) is 5.83. The lowest BCUT2D eigenvalue weighted by Crippen LogP contribution is -2.13. The number of nitrogens with one attached hydrogen (secondary N) is 2. The molecule has 0 bridgehead atoms. The SMILES string of the molecule is O=C(Nc1cccc(Oc2ccccc2)c1)c1nn[nH]n1. The van der Waals surface area contributed by atoms with Crippen LogP contribution in [0.1, 0.15) is 10.6 Å². The lowest BCUT2D eigenvalue weighted by Gasteiger charge is -2.07. The molecular weight excluding hydrogens is 270 g/mol. The van der Waals surface area contributed by atoms with E-state index in [0.29, 0.717) is 11.4 Å². The third kappa shape index (κ3) is 3.21. The van der Waals surface area contributed by atoms with Crippen LogP contribution in [0.2, 0.25) is 0 Å². The zero-order valence-electron chi connectivity index (χ0n) is 10.9. The van der Waals surface area contributed by atoms with Crippen molar-refractivity contribution in [2.24, 2.45) is 0 Å². The van der Waals surface area contributed by atoms with Gasteiger partial charge in [-0.05, 0) is 29.5 Å². The summed E-state index contributed by atoms with van der Waals surface area (Å²) in [5.74, 6) is 0.872. The molecule has 1 heterocycles. The predicted octanol–water partition coefficient (Wildman–Crippen LogP) is 2.24. The molecule has 0 atom stereocenters. The van der Waals surface area contributed by atoms with Gasteiger partial charge >= 0.3 is 0 Å². The van der Waals surface area contributed by atoms with Crippen molar-refractivity contribution >= 4 is 11.6 Å². The van der Waals surface area contributed by atoms with Crippen molar-refractivity contribution in [2.75, 3.05) is 5.32 Å². The molecule has 0 aliphatic heterocycles. The minimum absolute atomic E-state index is 0.0237. The number of benzene rings is 2. The molecule has 104 valence electrons. The predicted molar refractivity (Wildman–Crippen MR) is 75.1 cm³/mol. The van der Waals surface area contributed by atoms with E-state index in [2.05, 4.69) is 25.9 Å². The van der Waals surface area contributed by atoms with E-state index in [4.69, 9.17) is 4.74 Å². The first-order valence-electron chi connectivity index (χ1n) is 6.19. The lowest BCUT2D eigenvalue weighted by atomic mass is 10.3. The van der Waals surface area contributed by atoms with Crippen LogP contribution in [0.5, 0.6) is 11.5 Å². The second-order valence-electron chi connectivity index (χ2n) is 4.13. The molecule has 21 heavy (non-hydrogen) atoms. The first-order valence-corrected chi connectivity index (χ1v) is 6.19. The minimum atomic E-state index is -0.444. The van der Waals surface area contributed by atoms with Crippen molar-refractivity contribution in [2.45, 2.75) is 0 Å². The summed E-state index contributed by atoms with van der Waals surface area (Å²) >= 11 is 0. The van der Waals surface area contributed by atoms with Crippen LogP contribution in [-0.4, -0.2) is 26.5 Å². The number of anilines is 1. The van der Waals surface area contributed by atoms with Crippen LogP contribution in [0, 0.1) is 0 Å². The van der Waals surface area contributed by atoms with E-state index in [0.717, 1.165) is 5.75 Å². The molecule has 7 heteroatoms.